The molecule has 4 heteroatoms. The maximum absolute atomic E-state index is 11.3. The lowest BCUT2D eigenvalue weighted by atomic mass is 9.94. The minimum atomic E-state index is -0.120. The van der Waals surface area contributed by atoms with E-state index in [1.54, 1.807) is 0 Å². The number of primary amides is 2. The fraction of sp³-hybridized carbons (Fsp3) is 0.913. The molecule has 2 rings (SSSR count). The standard InChI is InChI=1S/C23H42N2O2/c24-20(26)19-22(15-16-22)13-11-9-7-5-3-1-2-4-6-8-10-12-14-23(17-18-23)21(25)27/h1-19H2,(H2,24,26)(H2,25,27). The van der Waals surface area contributed by atoms with Crippen LogP contribution in [0.2, 0.25) is 0 Å². The first-order chi connectivity index (χ1) is 13.0. The summed E-state index contributed by atoms with van der Waals surface area (Å²) in [4.78, 5) is 22.4. The van der Waals surface area contributed by atoms with Crippen molar-refractivity contribution < 1.29 is 9.59 Å². The third-order valence-electron chi connectivity index (χ3n) is 7.00. The molecule has 4 N–H and O–H groups in total. The number of carbonyl (C=O) groups excluding carboxylic acids is 2. The molecule has 0 aromatic carbocycles. The number of carbonyl (C=O) groups is 2. The summed E-state index contributed by atoms with van der Waals surface area (Å²) in [6, 6.07) is 0. The van der Waals surface area contributed by atoms with Gasteiger partial charge >= 0.3 is 0 Å². The minimum absolute atomic E-state index is 0.0693. The van der Waals surface area contributed by atoms with Crippen LogP contribution in [0.1, 0.15) is 122 Å². The van der Waals surface area contributed by atoms with Gasteiger partial charge in [0.1, 0.15) is 0 Å². The second-order valence-electron chi connectivity index (χ2n) is 9.53. The smallest absolute Gasteiger partial charge is 0.223 e. The Labute approximate surface area is 166 Å². The Balaban J connectivity index is 1.28. The van der Waals surface area contributed by atoms with Crippen LogP contribution in [0, 0.1) is 10.8 Å². The monoisotopic (exact) mass is 378 g/mol. The van der Waals surface area contributed by atoms with Crippen LogP contribution in [0.25, 0.3) is 0 Å². The van der Waals surface area contributed by atoms with Crippen molar-refractivity contribution in [2.24, 2.45) is 22.3 Å². The third kappa shape index (κ3) is 8.66. The molecule has 4 nitrogen and oxygen atoms in total. The van der Waals surface area contributed by atoms with E-state index < -0.39 is 0 Å². The van der Waals surface area contributed by atoms with Gasteiger partial charge < -0.3 is 11.5 Å². The number of hydrogen-bond donors (Lipinski definition) is 2. The third-order valence-corrected chi connectivity index (χ3v) is 7.00. The van der Waals surface area contributed by atoms with Gasteiger partial charge in [-0.15, -0.1) is 0 Å². The molecule has 156 valence electrons. The zero-order valence-electron chi connectivity index (χ0n) is 17.4. The van der Waals surface area contributed by atoms with Gasteiger partial charge in [0.05, 0.1) is 0 Å². The summed E-state index contributed by atoms with van der Waals surface area (Å²) in [6.07, 6.45) is 23.1. The highest BCUT2D eigenvalue weighted by Gasteiger charge is 2.47. The normalized spacial score (nSPS) is 19.0. The summed E-state index contributed by atoms with van der Waals surface area (Å²) in [7, 11) is 0. The molecule has 27 heavy (non-hydrogen) atoms. The van der Waals surface area contributed by atoms with Crippen LogP contribution in [0.4, 0.5) is 0 Å². The van der Waals surface area contributed by atoms with Crippen LogP contribution >= 0.6 is 0 Å². The Morgan fingerprint density at radius 1 is 0.593 bits per heavy atom. The molecule has 0 saturated heterocycles. The number of nitrogens with two attached hydrogens (primary N) is 2. The molecule has 0 atom stereocenters. The highest BCUT2D eigenvalue weighted by Crippen LogP contribution is 2.52. The number of hydrogen-bond acceptors (Lipinski definition) is 2. The Morgan fingerprint density at radius 2 is 1.00 bits per heavy atom. The van der Waals surface area contributed by atoms with Gasteiger partial charge in [0.2, 0.25) is 11.8 Å². The molecular weight excluding hydrogens is 336 g/mol. The second-order valence-corrected chi connectivity index (χ2v) is 9.53. The average Bonchev–Trinajstić information content (AvgIpc) is 3.52. The maximum atomic E-state index is 11.3. The molecule has 0 unspecified atom stereocenters. The van der Waals surface area contributed by atoms with Crippen molar-refractivity contribution in [3.05, 3.63) is 0 Å². The van der Waals surface area contributed by atoms with E-state index in [9.17, 15) is 9.59 Å². The average molecular weight is 379 g/mol. The number of rotatable bonds is 18. The lowest BCUT2D eigenvalue weighted by molar-refractivity contribution is -0.123. The zero-order valence-corrected chi connectivity index (χ0v) is 17.4. The molecule has 0 heterocycles. The molecule has 2 aliphatic carbocycles. The summed E-state index contributed by atoms with van der Waals surface area (Å²) < 4.78 is 0. The second kappa shape index (κ2) is 11.1. The first-order valence-electron chi connectivity index (χ1n) is 11.6. The highest BCUT2D eigenvalue weighted by atomic mass is 16.1. The van der Waals surface area contributed by atoms with Gasteiger partial charge in [0.15, 0.2) is 0 Å². The summed E-state index contributed by atoms with van der Waals surface area (Å²) in [6.45, 7) is 0. The first-order valence-corrected chi connectivity index (χ1v) is 11.6. The molecule has 0 aromatic rings. The van der Waals surface area contributed by atoms with E-state index in [1.165, 1.54) is 96.3 Å². The van der Waals surface area contributed by atoms with Gasteiger partial charge in [-0.05, 0) is 43.9 Å². The predicted octanol–water partition coefficient (Wildman–Crippen LogP) is 5.37. The van der Waals surface area contributed by atoms with Crippen LogP contribution in [0.3, 0.4) is 0 Å². The van der Waals surface area contributed by atoms with Gasteiger partial charge in [-0.3, -0.25) is 9.59 Å². The number of amides is 2. The zero-order chi connectivity index (χ0) is 19.6. The van der Waals surface area contributed by atoms with Crippen LogP contribution in [-0.2, 0) is 9.59 Å². The van der Waals surface area contributed by atoms with Crippen LogP contribution in [0.15, 0.2) is 0 Å². The summed E-state index contributed by atoms with van der Waals surface area (Å²) in [5, 5.41) is 0. The van der Waals surface area contributed by atoms with Crippen LogP contribution in [0.5, 0.6) is 0 Å². The molecule has 0 radical (unpaired) electrons. The molecular formula is C23H42N2O2. The number of unbranched alkanes of at least 4 members (excludes halogenated alkanes) is 11. The minimum Gasteiger partial charge on any atom is -0.370 e. The van der Waals surface area contributed by atoms with Crippen molar-refractivity contribution in [3.8, 4) is 0 Å². The van der Waals surface area contributed by atoms with E-state index in [2.05, 4.69) is 0 Å². The molecule has 2 aliphatic rings. The molecule has 0 aromatic heterocycles. The maximum Gasteiger partial charge on any atom is 0.223 e. The fourth-order valence-electron chi connectivity index (χ4n) is 4.56. The highest BCUT2D eigenvalue weighted by molar-refractivity contribution is 5.83. The van der Waals surface area contributed by atoms with Gasteiger partial charge in [0.25, 0.3) is 0 Å². The van der Waals surface area contributed by atoms with Crippen molar-refractivity contribution in [2.45, 2.75) is 122 Å². The van der Waals surface area contributed by atoms with E-state index in [4.69, 9.17) is 11.5 Å². The Bertz CT molecular complexity index is 467. The van der Waals surface area contributed by atoms with Crippen LogP contribution < -0.4 is 11.5 Å². The molecule has 2 amide bonds. The van der Waals surface area contributed by atoms with Crippen molar-refractivity contribution in [2.75, 3.05) is 0 Å². The Hall–Kier alpha value is -1.06. The van der Waals surface area contributed by atoms with E-state index in [1.807, 2.05) is 0 Å². The topological polar surface area (TPSA) is 86.2 Å². The lowest BCUT2D eigenvalue weighted by Crippen LogP contribution is -2.24. The van der Waals surface area contributed by atoms with E-state index in [0.717, 1.165) is 19.3 Å². The van der Waals surface area contributed by atoms with Crippen molar-refractivity contribution in [1.29, 1.82) is 0 Å². The largest absolute Gasteiger partial charge is 0.370 e. The van der Waals surface area contributed by atoms with Gasteiger partial charge in [-0.2, -0.15) is 0 Å². The molecule has 0 bridgehead atoms. The van der Waals surface area contributed by atoms with Gasteiger partial charge in [-0.1, -0.05) is 77.0 Å². The fourth-order valence-corrected chi connectivity index (χ4v) is 4.56. The van der Waals surface area contributed by atoms with Crippen molar-refractivity contribution >= 4 is 11.8 Å². The molecule has 2 fully saturated rings. The summed E-state index contributed by atoms with van der Waals surface area (Å²) >= 11 is 0. The SMILES string of the molecule is NC(=O)CC1(CCCCCCCCCCCCCCC2(C(N)=O)CC2)CC1. The van der Waals surface area contributed by atoms with E-state index in [0.29, 0.717) is 11.8 Å². The predicted molar refractivity (Wildman–Crippen MR) is 111 cm³/mol. The Morgan fingerprint density at radius 3 is 1.33 bits per heavy atom. The molecule has 0 spiro atoms. The van der Waals surface area contributed by atoms with Crippen LogP contribution in [-0.4, -0.2) is 11.8 Å². The quantitative estimate of drug-likeness (QED) is 0.314. The van der Waals surface area contributed by atoms with Gasteiger partial charge in [-0.25, -0.2) is 0 Å². The summed E-state index contributed by atoms with van der Waals surface area (Å²) in [5.41, 5.74) is 11.0. The van der Waals surface area contributed by atoms with Crippen molar-refractivity contribution in [3.63, 3.8) is 0 Å². The lowest BCUT2D eigenvalue weighted by Gasteiger charge is -2.12. The molecule has 0 aliphatic heterocycles. The van der Waals surface area contributed by atoms with E-state index in [-0.39, 0.29) is 17.2 Å². The van der Waals surface area contributed by atoms with Crippen molar-refractivity contribution in [1.82, 2.24) is 0 Å². The molecule has 2 saturated carbocycles. The van der Waals surface area contributed by atoms with Gasteiger partial charge in [0, 0.05) is 11.8 Å². The first kappa shape index (κ1) is 22.2. The van der Waals surface area contributed by atoms with E-state index >= 15 is 0 Å². The Kier molecular flexibility index (Phi) is 9.11. The summed E-state index contributed by atoms with van der Waals surface area (Å²) in [5.74, 6) is -0.190.